The number of aromatic nitrogens is 3. The van der Waals surface area contributed by atoms with Crippen molar-refractivity contribution < 1.29 is 4.74 Å². The second kappa shape index (κ2) is 4.90. The number of morpholine rings is 1. The van der Waals surface area contributed by atoms with Crippen LogP contribution in [0.3, 0.4) is 0 Å². The van der Waals surface area contributed by atoms with Gasteiger partial charge in [0, 0.05) is 19.1 Å². The van der Waals surface area contributed by atoms with E-state index in [1.54, 1.807) is 0 Å². The summed E-state index contributed by atoms with van der Waals surface area (Å²) in [5.74, 6) is 1.42. The van der Waals surface area contributed by atoms with Crippen molar-refractivity contribution >= 4 is 0 Å². The van der Waals surface area contributed by atoms with E-state index >= 15 is 0 Å². The normalized spacial score (nSPS) is 22.9. The minimum Gasteiger partial charge on any atom is -0.367 e. The maximum absolute atomic E-state index is 5.67. The summed E-state index contributed by atoms with van der Waals surface area (Å²) in [4.78, 5) is 6.67. The molecule has 1 aliphatic heterocycles. The van der Waals surface area contributed by atoms with Gasteiger partial charge in [-0.05, 0) is 13.8 Å². The Labute approximate surface area is 95.2 Å². The SMILES string of the molecule is CC(C)N1CCOC(c2n[nH]c(CN)n2)C1. The minimum absolute atomic E-state index is 0.0345. The van der Waals surface area contributed by atoms with Crippen molar-refractivity contribution in [1.29, 1.82) is 0 Å². The summed E-state index contributed by atoms with van der Waals surface area (Å²) in [6, 6.07) is 0.527. The number of nitrogens with one attached hydrogen (secondary N) is 1. The van der Waals surface area contributed by atoms with E-state index in [1.807, 2.05) is 0 Å². The van der Waals surface area contributed by atoms with Crippen LogP contribution < -0.4 is 5.73 Å². The third kappa shape index (κ3) is 2.40. The van der Waals surface area contributed by atoms with E-state index < -0.39 is 0 Å². The lowest BCUT2D eigenvalue weighted by atomic mass is 10.2. The van der Waals surface area contributed by atoms with Gasteiger partial charge in [0.25, 0.3) is 0 Å². The maximum atomic E-state index is 5.67. The highest BCUT2D eigenvalue weighted by atomic mass is 16.5. The van der Waals surface area contributed by atoms with Gasteiger partial charge in [0.1, 0.15) is 11.9 Å². The van der Waals surface area contributed by atoms with E-state index in [0.29, 0.717) is 24.2 Å². The molecule has 6 heteroatoms. The van der Waals surface area contributed by atoms with Gasteiger partial charge in [-0.3, -0.25) is 10.00 Å². The highest BCUT2D eigenvalue weighted by molar-refractivity contribution is 4.96. The summed E-state index contributed by atoms with van der Waals surface area (Å²) in [6.45, 7) is 7.31. The first-order chi connectivity index (χ1) is 7.70. The van der Waals surface area contributed by atoms with Gasteiger partial charge in [-0.2, -0.15) is 5.10 Å². The lowest BCUT2D eigenvalue weighted by Crippen LogP contribution is -2.42. The zero-order chi connectivity index (χ0) is 11.5. The van der Waals surface area contributed by atoms with Crippen molar-refractivity contribution in [2.45, 2.75) is 32.5 Å². The Morgan fingerprint density at radius 1 is 1.62 bits per heavy atom. The molecule has 1 unspecified atom stereocenters. The van der Waals surface area contributed by atoms with Crippen LogP contribution in [-0.4, -0.2) is 45.8 Å². The first-order valence-corrected chi connectivity index (χ1v) is 5.67. The van der Waals surface area contributed by atoms with Crippen LogP contribution in [0.1, 0.15) is 31.6 Å². The molecule has 0 saturated carbocycles. The Bertz CT molecular complexity index is 338. The van der Waals surface area contributed by atoms with E-state index in [-0.39, 0.29) is 6.10 Å². The molecular formula is C10H19N5O. The van der Waals surface area contributed by atoms with E-state index in [9.17, 15) is 0 Å². The van der Waals surface area contributed by atoms with Crippen LogP contribution >= 0.6 is 0 Å². The number of hydrogen-bond acceptors (Lipinski definition) is 5. The summed E-state index contributed by atoms with van der Waals surface area (Å²) < 4.78 is 5.67. The minimum atomic E-state index is -0.0345. The van der Waals surface area contributed by atoms with Crippen molar-refractivity contribution in [1.82, 2.24) is 20.1 Å². The molecule has 0 bridgehead atoms. The molecule has 3 N–H and O–H groups in total. The van der Waals surface area contributed by atoms with Crippen LogP contribution in [0.15, 0.2) is 0 Å². The quantitative estimate of drug-likeness (QED) is 0.759. The van der Waals surface area contributed by atoms with Crippen LogP contribution in [0.5, 0.6) is 0 Å². The molecule has 1 aromatic rings. The number of ether oxygens (including phenoxy) is 1. The zero-order valence-corrected chi connectivity index (χ0v) is 9.81. The molecular weight excluding hydrogens is 206 g/mol. The fourth-order valence-electron chi connectivity index (χ4n) is 1.84. The Kier molecular flexibility index (Phi) is 3.52. The van der Waals surface area contributed by atoms with Crippen molar-refractivity contribution in [2.24, 2.45) is 5.73 Å². The Balaban J connectivity index is 2.03. The largest absolute Gasteiger partial charge is 0.367 e. The standard InChI is InChI=1S/C10H19N5O/c1-7(2)15-3-4-16-8(6-15)10-12-9(5-11)13-14-10/h7-8H,3-6,11H2,1-2H3,(H,12,13,14). The second-order valence-corrected chi connectivity index (χ2v) is 4.29. The molecule has 0 radical (unpaired) electrons. The van der Waals surface area contributed by atoms with E-state index in [0.717, 1.165) is 19.7 Å². The fraction of sp³-hybridized carbons (Fsp3) is 0.800. The van der Waals surface area contributed by atoms with Crippen molar-refractivity contribution in [3.63, 3.8) is 0 Å². The number of H-pyrrole nitrogens is 1. The first kappa shape index (κ1) is 11.5. The number of aromatic amines is 1. The average molecular weight is 225 g/mol. The van der Waals surface area contributed by atoms with Gasteiger partial charge in [0.05, 0.1) is 13.2 Å². The summed E-state index contributed by atoms with van der Waals surface area (Å²) in [5, 5.41) is 6.95. The molecule has 0 amide bonds. The predicted octanol–water partition coefficient (Wildman–Crippen LogP) is 0.0451. The van der Waals surface area contributed by atoms with Gasteiger partial charge in [-0.15, -0.1) is 0 Å². The molecule has 0 aliphatic carbocycles. The summed E-state index contributed by atoms with van der Waals surface area (Å²) in [6.07, 6.45) is -0.0345. The molecule has 0 spiro atoms. The maximum Gasteiger partial charge on any atom is 0.180 e. The molecule has 16 heavy (non-hydrogen) atoms. The Morgan fingerprint density at radius 2 is 2.44 bits per heavy atom. The van der Waals surface area contributed by atoms with Gasteiger partial charge in [-0.25, -0.2) is 4.98 Å². The third-order valence-corrected chi connectivity index (χ3v) is 2.86. The van der Waals surface area contributed by atoms with Gasteiger partial charge >= 0.3 is 0 Å². The topological polar surface area (TPSA) is 80.1 Å². The van der Waals surface area contributed by atoms with Crippen LogP contribution in [-0.2, 0) is 11.3 Å². The highest BCUT2D eigenvalue weighted by Crippen LogP contribution is 2.20. The monoisotopic (exact) mass is 225 g/mol. The van der Waals surface area contributed by atoms with Crippen molar-refractivity contribution in [2.75, 3.05) is 19.7 Å². The molecule has 90 valence electrons. The molecule has 0 aromatic carbocycles. The van der Waals surface area contributed by atoms with Gasteiger partial charge in [-0.1, -0.05) is 0 Å². The van der Waals surface area contributed by atoms with E-state index in [4.69, 9.17) is 10.5 Å². The van der Waals surface area contributed by atoms with E-state index in [2.05, 4.69) is 33.9 Å². The van der Waals surface area contributed by atoms with Crippen LogP contribution in [0, 0.1) is 0 Å². The third-order valence-electron chi connectivity index (χ3n) is 2.86. The molecule has 1 aromatic heterocycles. The zero-order valence-electron chi connectivity index (χ0n) is 9.81. The van der Waals surface area contributed by atoms with Gasteiger partial charge in [0.15, 0.2) is 5.82 Å². The summed E-state index contributed by atoms with van der Waals surface area (Å²) >= 11 is 0. The molecule has 1 saturated heterocycles. The molecule has 1 aliphatic rings. The molecule has 2 rings (SSSR count). The number of hydrogen-bond donors (Lipinski definition) is 2. The Morgan fingerprint density at radius 3 is 3.06 bits per heavy atom. The van der Waals surface area contributed by atoms with Crippen molar-refractivity contribution in [3.8, 4) is 0 Å². The molecule has 1 atom stereocenters. The number of rotatable bonds is 3. The van der Waals surface area contributed by atoms with Crippen LogP contribution in [0.4, 0.5) is 0 Å². The molecule has 1 fully saturated rings. The lowest BCUT2D eigenvalue weighted by molar-refractivity contribution is -0.0441. The average Bonchev–Trinajstić information content (AvgIpc) is 2.77. The highest BCUT2D eigenvalue weighted by Gasteiger charge is 2.26. The van der Waals surface area contributed by atoms with Crippen LogP contribution in [0.2, 0.25) is 0 Å². The molecule has 2 heterocycles. The fourth-order valence-corrected chi connectivity index (χ4v) is 1.84. The second-order valence-electron chi connectivity index (χ2n) is 4.29. The van der Waals surface area contributed by atoms with Crippen molar-refractivity contribution in [3.05, 3.63) is 11.6 Å². The summed E-state index contributed by atoms with van der Waals surface area (Å²) in [5.41, 5.74) is 5.48. The smallest absolute Gasteiger partial charge is 0.180 e. The lowest BCUT2D eigenvalue weighted by Gasteiger charge is -2.34. The van der Waals surface area contributed by atoms with Crippen LogP contribution in [0.25, 0.3) is 0 Å². The van der Waals surface area contributed by atoms with Gasteiger partial charge < -0.3 is 10.5 Å². The predicted molar refractivity (Wildman–Crippen MR) is 59.7 cm³/mol. The summed E-state index contributed by atoms with van der Waals surface area (Å²) in [7, 11) is 0. The Hall–Kier alpha value is -0.980. The molecule has 6 nitrogen and oxygen atoms in total. The van der Waals surface area contributed by atoms with Gasteiger partial charge in [0.2, 0.25) is 0 Å². The van der Waals surface area contributed by atoms with E-state index in [1.165, 1.54) is 0 Å². The number of nitrogens with zero attached hydrogens (tertiary/aromatic N) is 3. The first-order valence-electron chi connectivity index (χ1n) is 5.67. The number of nitrogens with two attached hydrogens (primary N) is 1.